The highest BCUT2D eigenvalue weighted by atomic mass is 16.7. The summed E-state index contributed by atoms with van der Waals surface area (Å²) in [6, 6.07) is 0. The van der Waals surface area contributed by atoms with Crippen LogP contribution in [0.3, 0.4) is 0 Å². The van der Waals surface area contributed by atoms with Gasteiger partial charge in [0.25, 0.3) is 0 Å². The van der Waals surface area contributed by atoms with E-state index in [1.165, 1.54) is 0 Å². The van der Waals surface area contributed by atoms with Crippen LogP contribution in [0.4, 0.5) is 0 Å². The van der Waals surface area contributed by atoms with Gasteiger partial charge in [-0.3, -0.25) is 0 Å². The molecule has 206 valence electrons. The first-order valence-electron chi connectivity index (χ1n) is 12.6. The number of hydrogen-bond donors (Lipinski definition) is 7. The fourth-order valence-corrected chi connectivity index (χ4v) is 5.85. The average molecular weight is 509 g/mol. The number of aliphatic hydroxyl groups excluding tert-OH is 6. The molecule has 0 radical (unpaired) electrons. The topological polar surface area (TPSA) is 179 Å². The summed E-state index contributed by atoms with van der Waals surface area (Å²) >= 11 is 0. The summed E-state index contributed by atoms with van der Waals surface area (Å²) in [4.78, 5) is 0. The molecule has 7 N–H and O–H groups in total. The van der Waals surface area contributed by atoms with E-state index in [9.17, 15) is 35.7 Å². The van der Waals surface area contributed by atoms with E-state index < -0.39 is 55.3 Å². The Morgan fingerprint density at radius 3 is 2.31 bits per heavy atom. The molecule has 35 heavy (non-hydrogen) atoms. The molecule has 1 aliphatic carbocycles. The first-order chi connectivity index (χ1) is 16.3. The Morgan fingerprint density at radius 2 is 1.74 bits per heavy atom. The van der Waals surface area contributed by atoms with Gasteiger partial charge in [0.2, 0.25) is 0 Å². The molecular formula is C24H44O11. The number of aliphatic hydroxyl groups is 7. The van der Waals surface area contributed by atoms with E-state index in [0.29, 0.717) is 18.3 Å². The minimum absolute atomic E-state index is 0.0725. The second kappa shape index (κ2) is 11.5. The molecule has 0 bridgehead atoms. The summed E-state index contributed by atoms with van der Waals surface area (Å²) in [7, 11) is 0. The maximum Gasteiger partial charge on any atom is 0.186 e. The Balaban J connectivity index is 1.59. The van der Waals surface area contributed by atoms with Crippen molar-refractivity contribution >= 4 is 0 Å². The monoisotopic (exact) mass is 508 g/mol. The van der Waals surface area contributed by atoms with Crippen molar-refractivity contribution in [2.45, 2.75) is 114 Å². The highest BCUT2D eigenvalue weighted by Gasteiger charge is 2.51. The van der Waals surface area contributed by atoms with Crippen LogP contribution in [-0.2, 0) is 18.9 Å². The number of ether oxygens (including phenoxy) is 4. The second-order valence-corrected chi connectivity index (χ2v) is 11.4. The molecule has 0 aromatic carbocycles. The molecule has 11 heteroatoms. The Bertz CT molecular complexity index is 676. The van der Waals surface area contributed by atoms with E-state index in [2.05, 4.69) is 20.8 Å². The third-order valence-electron chi connectivity index (χ3n) is 7.97. The van der Waals surface area contributed by atoms with E-state index >= 15 is 0 Å². The van der Waals surface area contributed by atoms with Crippen LogP contribution in [0, 0.1) is 17.3 Å². The fourth-order valence-electron chi connectivity index (χ4n) is 5.85. The normalized spacial score (nSPS) is 47.1. The van der Waals surface area contributed by atoms with Crippen LogP contribution in [0.15, 0.2) is 0 Å². The maximum absolute atomic E-state index is 10.5. The second-order valence-electron chi connectivity index (χ2n) is 11.4. The molecule has 0 amide bonds. The third-order valence-corrected chi connectivity index (χ3v) is 7.97. The average Bonchev–Trinajstić information content (AvgIpc) is 3.06. The smallest absolute Gasteiger partial charge is 0.186 e. The predicted molar refractivity (Wildman–Crippen MR) is 122 cm³/mol. The molecule has 0 aromatic rings. The van der Waals surface area contributed by atoms with Gasteiger partial charge >= 0.3 is 0 Å². The quantitative estimate of drug-likeness (QED) is 0.200. The summed E-state index contributed by atoms with van der Waals surface area (Å²) in [5.41, 5.74) is -1.92. The van der Waals surface area contributed by atoms with Crippen molar-refractivity contribution in [1.29, 1.82) is 0 Å². The highest BCUT2D eigenvalue weighted by molar-refractivity contribution is 4.95. The lowest BCUT2D eigenvalue weighted by Gasteiger charge is -2.48. The summed E-state index contributed by atoms with van der Waals surface area (Å²) in [5.74, 6) is 0.710. The molecule has 1 saturated carbocycles. The third kappa shape index (κ3) is 6.53. The van der Waals surface area contributed by atoms with E-state index in [4.69, 9.17) is 18.9 Å². The summed E-state index contributed by atoms with van der Waals surface area (Å²) in [5, 5.41) is 70.5. The van der Waals surface area contributed by atoms with Crippen LogP contribution in [0.1, 0.15) is 53.4 Å². The van der Waals surface area contributed by atoms with Crippen molar-refractivity contribution < 1.29 is 54.7 Å². The minimum atomic E-state index is -1.85. The number of hydrogen-bond acceptors (Lipinski definition) is 11. The van der Waals surface area contributed by atoms with Gasteiger partial charge in [-0.25, -0.2) is 0 Å². The molecule has 0 aromatic heterocycles. The first kappa shape index (κ1) is 29.1. The van der Waals surface area contributed by atoms with Gasteiger partial charge in [-0.2, -0.15) is 0 Å². The summed E-state index contributed by atoms with van der Waals surface area (Å²) < 4.78 is 22.5. The SMILES string of the molecule is C[C@@H]1C[C@H](O[C@@H]2O[C@H](CO[C@@H]3OC[C@](O)(CO)[C@H]3O)[C@@H](O)[C@H](O)[C@H]2O)CC(C)(C)[C@H]1CC[C@@H](C)O. The molecule has 2 heterocycles. The fraction of sp³-hybridized carbons (Fsp3) is 1.00. The van der Waals surface area contributed by atoms with E-state index in [1.807, 2.05) is 0 Å². The lowest BCUT2D eigenvalue weighted by Crippen LogP contribution is -2.60. The van der Waals surface area contributed by atoms with E-state index in [1.54, 1.807) is 6.92 Å². The number of rotatable bonds is 9. The highest BCUT2D eigenvalue weighted by Crippen LogP contribution is 2.47. The molecular weight excluding hydrogens is 464 g/mol. The van der Waals surface area contributed by atoms with Gasteiger partial charge in [-0.15, -0.1) is 0 Å². The molecule has 3 rings (SSSR count). The van der Waals surface area contributed by atoms with Crippen LogP contribution < -0.4 is 0 Å². The lowest BCUT2D eigenvalue weighted by molar-refractivity contribution is -0.323. The van der Waals surface area contributed by atoms with E-state index in [0.717, 1.165) is 19.3 Å². The van der Waals surface area contributed by atoms with Crippen LogP contribution in [-0.4, -0.2) is 116 Å². The Labute approximate surface area is 206 Å². The van der Waals surface area contributed by atoms with Crippen molar-refractivity contribution in [3.05, 3.63) is 0 Å². The molecule has 11 nitrogen and oxygen atoms in total. The van der Waals surface area contributed by atoms with Crippen LogP contribution >= 0.6 is 0 Å². The zero-order valence-corrected chi connectivity index (χ0v) is 21.1. The van der Waals surface area contributed by atoms with Crippen LogP contribution in [0.5, 0.6) is 0 Å². The van der Waals surface area contributed by atoms with E-state index in [-0.39, 0.29) is 30.8 Å². The van der Waals surface area contributed by atoms with Crippen LogP contribution in [0.25, 0.3) is 0 Å². The maximum atomic E-state index is 10.5. The largest absolute Gasteiger partial charge is 0.393 e. The van der Waals surface area contributed by atoms with Gasteiger partial charge in [0.15, 0.2) is 12.6 Å². The van der Waals surface area contributed by atoms with Gasteiger partial charge in [-0.05, 0) is 49.9 Å². The molecule has 2 aliphatic heterocycles. The molecule has 0 unspecified atom stereocenters. The van der Waals surface area contributed by atoms with Gasteiger partial charge in [0, 0.05) is 0 Å². The van der Waals surface area contributed by atoms with Crippen molar-refractivity contribution in [3.8, 4) is 0 Å². The molecule has 3 fully saturated rings. The lowest BCUT2D eigenvalue weighted by atomic mass is 9.61. The summed E-state index contributed by atoms with van der Waals surface area (Å²) in [6.07, 6.45) is -7.08. The Kier molecular flexibility index (Phi) is 9.59. The van der Waals surface area contributed by atoms with Crippen molar-refractivity contribution in [2.24, 2.45) is 17.3 Å². The van der Waals surface area contributed by atoms with Crippen molar-refractivity contribution in [3.63, 3.8) is 0 Å². The zero-order valence-electron chi connectivity index (χ0n) is 21.1. The standard InChI is InChI=1S/C24H44O11/c1-12-7-14(8-23(3,4)15(12)6-5-13(2)26)34-21-19(29)18(28)17(27)16(35-21)9-32-22-20(30)24(31,10-25)11-33-22/h12-22,25-31H,5-11H2,1-4H3/t12-,13-,14+,15+,16-,17-,18+,19-,20+,21-,22-,24-/m1/s1. The summed E-state index contributed by atoms with van der Waals surface area (Å²) in [6.45, 7) is 6.91. The van der Waals surface area contributed by atoms with Gasteiger partial charge in [-0.1, -0.05) is 20.8 Å². The van der Waals surface area contributed by atoms with Crippen molar-refractivity contribution in [1.82, 2.24) is 0 Å². The van der Waals surface area contributed by atoms with Gasteiger partial charge in [0.1, 0.15) is 36.1 Å². The minimum Gasteiger partial charge on any atom is -0.393 e. The van der Waals surface area contributed by atoms with Crippen molar-refractivity contribution in [2.75, 3.05) is 19.8 Å². The molecule has 3 aliphatic rings. The zero-order chi connectivity index (χ0) is 26.1. The van der Waals surface area contributed by atoms with Gasteiger partial charge in [0.05, 0.1) is 32.0 Å². The Morgan fingerprint density at radius 1 is 1.06 bits per heavy atom. The van der Waals surface area contributed by atoms with Gasteiger partial charge < -0.3 is 54.7 Å². The Hall–Kier alpha value is -0.440. The van der Waals surface area contributed by atoms with Crippen LogP contribution in [0.2, 0.25) is 0 Å². The first-order valence-corrected chi connectivity index (χ1v) is 12.6. The molecule has 0 spiro atoms. The predicted octanol–water partition coefficient (Wildman–Crippen LogP) is -1.13. The molecule has 12 atom stereocenters. The molecule has 2 saturated heterocycles.